The average Bonchev–Trinajstić information content (AvgIpc) is 2.79. The Hall–Kier alpha value is -2.17. The van der Waals surface area contributed by atoms with Gasteiger partial charge in [0.25, 0.3) is 0 Å². The molecular formula is C19H26N4O. The number of aryl methyl sites for hydroxylation is 2. The van der Waals surface area contributed by atoms with Crippen LogP contribution in [0.5, 0.6) is 0 Å². The van der Waals surface area contributed by atoms with Crippen LogP contribution in [-0.4, -0.2) is 32.1 Å². The fraction of sp³-hybridized carbons (Fsp3) is 0.526. The lowest BCUT2D eigenvalue weighted by molar-refractivity contribution is -0.137. The third kappa shape index (κ3) is 3.35. The maximum atomic E-state index is 13.2. The lowest BCUT2D eigenvalue weighted by Gasteiger charge is -2.33. The summed E-state index contributed by atoms with van der Waals surface area (Å²) in [6, 6.07) is 5.95. The highest BCUT2D eigenvalue weighted by molar-refractivity contribution is 5.80. The highest BCUT2D eigenvalue weighted by Crippen LogP contribution is 2.31. The van der Waals surface area contributed by atoms with Crippen molar-refractivity contribution in [2.24, 2.45) is 0 Å². The Bertz CT molecular complexity index is 695. The molecule has 0 aliphatic carbocycles. The molecule has 1 aliphatic heterocycles. The normalized spacial score (nSPS) is 19.8. The third-order valence-corrected chi connectivity index (χ3v) is 4.90. The van der Waals surface area contributed by atoms with E-state index in [9.17, 15) is 4.79 Å². The smallest absolute Gasteiger partial charge is 0.247 e. The highest BCUT2D eigenvalue weighted by Gasteiger charge is 2.31. The van der Waals surface area contributed by atoms with Gasteiger partial charge in [0.2, 0.25) is 5.91 Å². The minimum Gasteiger partial charge on any atom is -0.334 e. The highest BCUT2D eigenvalue weighted by atomic mass is 16.2. The maximum Gasteiger partial charge on any atom is 0.247 e. The number of aromatic nitrogens is 3. The molecule has 1 aliphatic rings. The third-order valence-electron chi connectivity index (χ3n) is 4.90. The second-order valence-corrected chi connectivity index (χ2v) is 6.72. The van der Waals surface area contributed by atoms with E-state index in [1.54, 1.807) is 0 Å². The molecule has 0 unspecified atom stereocenters. The quantitative estimate of drug-likeness (QED) is 0.866. The molecule has 3 rings (SSSR count). The second-order valence-electron chi connectivity index (χ2n) is 6.72. The summed E-state index contributed by atoms with van der Waals surface area (Å²) in [5.41, 5.74) is 3.16. The molecule has 5 nitrogen and oxygen atoms in total. The van der Waals surface area contributed by atoms with Crippen LogP contribution in [0.4, 0.5) is 0 Å². The fourth-order valence-electron chi connectivity index (χ4n) is 3.69. The topological polar surface area (TPSA) is 51.0 Å². The van der Waals surface area contributed by atoms with E-state index < -0.39 is 0 Å². The van der Waals surface area contributed by atoms with Crippen molar-refractivity contribution in [3.05, 3.63) is 47.5 Å². The Labute approximate surface area is 143 Å². The molecule has 0 aromatic carbocycles. The van der Waals surface area contributed by atoms with Gasteiger partial charge in [-0.05, 0) is 57.4 Å². The van der Waals surface area contributed by atoms with Crippen LogP contribution in [0.15, 0.2) is 30.6 Å². The van der Waals surface area contributed by atoms with Crippen LogP contribution in [0, 0.1) is 13.8 Å². The SMILES string of the molecule is Cc1cc(C)n([C@@H](C)C(=O)N2CCCCC[C@H]2c2ccncc2)n1. The number of nitrogens with zero attached hydrogens (tertiary/aromatic N) is 4. The Balaban J connectivity index is 1.88. The minimum atomic E-state index is -0.277. The van der Waals surface area contributed by atoms with E-state index in [1.807, 2.05) is 56.0 Å². The van der Waals surface area contributed by atoms with Crippen molar-refractivity contribution in [1.29, 1.82) is 0 Å². The van der Waals surface area contributed by atoms with Crippen molar-refractivity contribution >= 4 is 5.91 Å². The van der Waals surface area contributed by atoms with Crippen LogP contribution in [0.1, 0.15) is 61.6 Å². The Kier molecular flexibility index (Phi) is 4.97. The summed E-state index contributed by atoms with van der Waals surface area (Å²) in [4.78, 5) is 19.4. The van der Waals surface area contributed by atoms with Gasteiger partial charge in [-0.2, -0.15) is 5.10 Å². The number of likely N-dealkylation sites (tertiary alicyclic amines) is 1. The molecule has 1 amide bonds. The average molecular weight is 326 g/mol. The van der Waals surface area contributed by atoms with Crippen molar-refractivity contribution in [3.8, 4) is 0 Å². The second kappa shape index (κ2) is 7.16. The van der Waals surface area contributed by atoms with Gasteiger partial charge in [0.15, 0.2) is 0 Å². The largest absolute Gasteiger partial charge is 0.334 e. The first-order chi connectivity index (χ1) is 11.6. The molecule has 128 valence electrons. The molecule has 0 radical (unpaired) electrons. The number of rotatable bonds is 3. The first kappa shape index (κ1) is 16.7. The van der Waals surface area contributed by atoms with E-state index in [0.29, 0.717) is 0 Å². The van der Waals surface area contributed by atoms with E-state index in [4.69, 9.17) is 0 Å². The molecule has 0 spiro atoms. The van der Waals surface area contributed by atoms with Crippen molar-refractivity contribution < 1.29 is 4.79 Å². The number of hydrogen-bond donors (Lipinski definition) is 0. The summed E-state index contributed by atoms with van der Waals surface area (Å²) in [5, 5.41) is 4.51. The Morgan fingerprint density at radius 1 is 1.21 bits per heavy atom. The van der Waals surface area contributed by atoms with E-state index in [0.717, 1.165) is 37.2 Å². The molecule has 2 atom stereocenters. The predicted molar refractivity (Wildman–Crippen MR) is 93.6 cm³/mol. The molecule has 0 N–H and O–H groups in total. The molecule has 1 fully saturated rings. The standard InChI is InChI=1S/C19H26N4O/c1-14-13-15(2)23(21-14)16(3)19(24)22-12-6-4-5-7-18(22)17-8-10-20-11-9-17/h8-11,13,16,18H,4-7,12H2,1-3H3/t16-,18-/m0/s1. The summed E-state index contributed by atoms with van der Waals surface area (Å²) < 4.78 is 1.85. The molecular weight excluding hydrogens is 300 g/mol. The van der Waals surface area contributed by atoms with Gasteiger partial charge in [0, 0.05) is 24.6 Å². The number of carbonyl (C=O) groups is 1. The minimum absolute atomic E-state index is 0.141. The first-order valence-electron chi connectivity index (χ1n) is 8.81. The zero-order chi connectivity index (χ0) is 17.1. The Morgan fingerprint density at radius 2 is 1.96 bits per heavy atom. The van der Waals surface area contributed by atoms with Gasteiger partial charge in [-0.3, -0.25) is 14.5 Å². The van der Waals surface area contributed by atoms with E-state index in [1.165, 1.54) is 12.0 Å². The fourth-order valence-corrected chi connectivity index (χ4v) is 3.69. The van der Waals surface area contributed by atoms with E-state index in [-0.39, 0.29) is 18.0 Å². The van der Waals surface area contributed by atoms with E-state index in [2.05, 4.69) is 15.0 Å². The monoisotopic (exact) mass is 326 g/mol. The summed E-state index contributed by atoms with van der Waals surface area (Å²) in [6.07, 6.45) is 8.04. The van der Waals surface area contributed by atoms with Gasteiger partial charge >= 0.3 is 0 Å². The van der Waals surface area contributed by atoms with Crippen LogP contribution in [0.25, 0.3) is 0 Å². The number of amides is 1. The van der Waals surface area contributed by atoms with Gasteiger partial charge in [-0.1, -0.05) is 12.8 Å². The van der Waals surface area contributed by atoms with Gasteiger partial charge in [0.1, 0.15) is 6.04 Å². The van der Waals surface area contributed by atoms with Gasteiger partial charge in [-0.25, -0.2) is 0 Å². The molecule has 2 aromatic rings. The number of hydrogen-bond acceptors (Lipinski definition) is 3. The molecule has 0 bridgehead atoms. The van der Waals surface area contributed by atoms with Crippen molar-refractivity contribution in [2.45, 2.75) is 58.5 Å². The molecule has 2 aromatic heterocycles. The van der Waals surface area contributed by atoms with Crippen molar-refractivity contribution in [2.75, 3.05) is 6.54 Å². The lowest BCUT2D eigenvalue weighted by atomic mass is 10.0. The van der Waals surface area contributed by atoms with Crippen LogP contribution < -0.4 is 0 Å². The number of pyridine rings is 1. The van der Waals surface area contributed by atoms with Crippen LogP contribution in [0.3, 0.4) is 0 Å². The lowest BCUT2D eigenvalue weighted by Crippen LogP contribution is -2.39. The maximum absolute atomic E-state index is 13.2. The van der Waals surface area contributed by atoms with Crippen LogP contribution in [-0.2, 0) is 4.79 Å². The first-order valence-corrected chi connectivity index (χ1v) is 8.81. The van der Waals surface area contributed by atoms with Crippen molar-refractivity contribution in [1.82, 2.24) is 19.7 Å². The summed E-state index contributed by atoms with van der Waals surface area (Å²) in [5.74, 6) is 0.157. The Morgan fingerprint density at radius 3 is 2.62 bits per heavy atom. The van der Waals surface area contributed by atoms with Gasteiger partial charge in [0.05, 0.1) is 11.7 Å². The van der Waals surface area contributed by atoms with Crippen LogP contribution in [0.2, 0.25) is 0 Å². The molecule has 3 heterocycles. The molecule has 24 heavy (non-hydrogen) atoms. The summed E-state index contributed by atoms with van der Waals surface area (Å²) in [6.45, 7) is 6.74. The zero-order valence-electron chi connectivity index (χ0n) is 14.8. The predicted octanol–water partition coefficient (Wildman–Crippen LogP) is 3.60. The summed E-state index contributed by atoms with van der Waals surface area (Å²) >= 11 is 0. The van der Waals surface area contributed by atoms with E-state index >= 15 is 0 Å². The number of carbonyl (C=O) groups excluding carboxylic acids is 1. The molecule has 1 saturated heterocycles. The van der Waals surface area contributed by atoms with Crippen molar-refractivity contribution in [3.63, 3.8) is 0 Å². The van der Waals surface area contributed by atoms with Crippen LogP contribution >= 0.6 is 0 Å². The summed E-state index contributed by atoms with van der Waals surface area (Å²) in [7, 11) is 0. The van der Waals surface area contributed by atoms with Gasteiger partial charge in [-0.15, -0.1) is 0 Å². The molecule has 0 saturated carbocycles. The van der Waals surface area contributed by atoms with Gasteiger partial charge < -0.3 is 4.90 Å². The molecule has 5 heteroatoms. The zero-order valence-corrected chi connectivity index (χ0v) is 14.8.